The number of nitrogens with zero attached hydrogens (tertiary/aromatic N) is 1. The number of rotatable bonds is 5. The summed E-state index contributed by atoms with van der Waals surface area (Å²) < 4.78 is 5.67. The number of hydrogen-bond acceptors (Lipinski definition) is 4. The van der Waals surface area contributed by atoms with Gasteiger partial charge in [-0.3, -0.25) is 9.59 Å². The molecule has 1 aliphatic heterocycles. The molecule has 1 aliphatic carbocycles. The van der Waals surface area contributed by atoms with Crippen molar-refractivity contribution in [3.8, 4) is 11.1 Å². The Kier molecular flexibility index (Phi) is 6.62. The van der Waals surface area contributed by atoms with E-state index in [1.807, 2.05) is 45.0 Å². The van der Waals surface area contributed by atoms with Gasteiger partial charge in [-0.05, 0) is 47.4 Å². The van der Waals surface area contributed by atoms with Crippen molar-refractivity contribution >= 4 is 18.0 Å². The molecule has 2 aliphatic rings. The standard InChI is InChI=1S/C28H34N2O5/c1-27(2,3)23(24(31)30-15-9-14-28(4,17-30)25(32)33)29-26(34)35-16-22-20-12-7-5-10-18(20)19-11-6-8-13-21(19)22/h5-8,10-13,22-23H,9,14-17H2,1-4H3,(H,29,34)(H,32,33). The first-order chi connectivity index (χ1) is 16.5. The zero-order valence-corrected chi connectivity index (χ0v) is 20.8. The van der Waals surface area contributed by atoms with Gasteiger partial charge in [-0.25, -0.2) is 4.79 Å². The van der Waals surface area contributed by atoms with E-state index in [0.29, 0.717) is 19.4 Å². The van der Waals surface area contributed by atoms with Gasteiger partial charge < -0.3 is 20.1 Å². The van der Waals surface area contributed by atoms with Crippen LogP contribution in [0.2, 0.25) is 0 Å². The molecule has 0 radical (unpaired) electrons. The molecule has 1 heterocycles. The largest absolute Gasteiger partial charge is 0.481 e. The van der Waals surface area contributed by atoms with Crippen molar-refractivity contribution in [3.63, 3.8) is 0 Å². The predicted octanol–water partition coefficient (Wildman–Crippen LogP) is 4.65. The van der Waals surface area contributed by atoms with Crippen LogP contribution in [0.15, 0.2) is 48.5 Å². The van der Waals surface area contributed by atoms with Gasteiger partial charge in [-0.1, -0.05) is 69.3 Å². The maximum atomic E-state index is 13.4. The number of piperidine rings is 1. The monoisotopic (exact) mass is 478 g/mol. The number of benzene rings is 2. The van der Waals surface area contributed by atoms with Gasteiger partial charge in [0.1, 0.15) is 12.6 Å². The molecule has 7 nitrogen and oxygen atoms in total. The second-order valence-electron chi connectivity index (χ2n) is 11.0. The minimum Gasteiger partial charge on any atom is -0.481 e. The minimum atomic E-state index is -0.986. The first-order valence-electron chi connectivity index (χ1n) is 12.1. The van der Waals surface area contributed by atoms with Crippen LogP contribution in [0.1, 0.15) is 57.6 Å². The topological polar surface area (TPSA) is 95.9 Å². The van der Waals surface area contributed by atoms with Gasteiger partial charge in [-0.2, -0.15) is 0 Å². The molecule has 0 saturated carbocycles. The lowest BCUT2D eigenvalue weighted by Crippen LogP contribution is -2.58. The number of carbonyl (C=O) groups excluding carboxylic acids is 2. The second-order valence-corrected chi connectivity index (χ2v) is 11.0. The number of carboxylic acids is 1. The molecule has 2 amide bonds. The number of hydrogen-bond donors (Lipinski definition) is 2. The molecule has 0 aromatic heterocycles. The third-order valence-electron chi connectivity index (χ3n) is 7.24. The fraction of sp³-hybridized carbons (Fsp3) is 0.464. The summed E-state index contributed by atoms with van der Waals surface area (Å²) in [6.07, 6.45) is 0.473. The number of fused-ring (bicyclic) bond motifs is 3. The van der Waals surface area contributed by atoms with Gasteiger partial charge in [0.25, 0.3) is 0 Å². The summed E-state index contributed by atoms with van der Waals surface area (Å²) in [5.41, 5.74) is 2.95. The van der Waals surface area contributed by atoms with Crippen molar-refractivity contribution in [3.05, 3.63) is 59.7 Å². The van der Waals surface area contributed by atoms with E-state index in [1.54, 1.807) is 11.8 Å². The van der Waals surface area contributed by atoms with Gasteiger partial charge in [0.2, 0.25) is 5.91 Å². The van der Waals surface area contributed by atoms with Crippen LogP contribution in [0.3, 0.4) is 0 Å². The molecule has 1 fully saturated rings. The summed E-state index contributed by atoms with van der Waals surface area (Å²) in [6, 6.07) is 15.4. The molecule has 0 spiro atoms. The number of likely N-dealkylation sites (tertiary alicyclic amines) is 1. The highest BCUT2D eigenvalue weighted by Gasteiger charge is 2.43. The van der Waals surface area contributed by atoms with Crippen LogP contribution in [-0.4, -0.2) is 53.7 Å². The molecule has 186 valence electrons. The Morgan fingerprint density at radius 2 is 1.66 bits per heavy atom. The average Bonchev–Trinajstić information content (AvgIpc) is 3.14. The van der Waals surface area contributed by atoms with Crippen LogP contribution in [0.5, 0.6) is 0 Å². The normalized spacial score (nSPS) is 20.5. The maximum absolute atomic E-state index is 13.4. The van der Waals surface area contributed by atoms with Crippen molar-refractivity contribution in [2.24, 2.45) is 10.8 Å². The predicted molar refractivity (Wildman–Crippen MR) is 133 cm³/mol. The summed E-state index contributed by atoms with van der Waals surface area (Å²) in [5.74, 6) is -1.26. The number of aliphatic carboxylic acids is 1. The van der Waals surface area contributed by atoms with Crippen LogP contribution in [0, 0.1) is 10.8 Å². The van der Waals surface area contributed by atoms with E-state index < -0.39 is 28.9 Å². The van der Waals surface area contributed by atoms with E-state index >= 15 is 0 Å². The van der Waals surface area contributed by atoms with Gasteiger partial charge in [0.05, 0.1) is 5.41 Å². The molecular weight excluding hydrogens is 444 g/mol. The number of carbonyl (C=O) groups is 3. The summed E-state index contributed by atoms with van der Waals surface area (Å²) >= 11 is 0. The molecule has 2 aromatic carbocycles. The molecule has 35 heavy (non-hydrogen) atoms. The Bertz CT molecular complexity index is 1090. The lowest BCUT2D eigenvalue weighted by Gasteiger charge is -2.41. The van der Waals surface area contributed by atoms with Crippen molar-refractivity contribution < 1.29 is 24.2 Å². The molecule has 7 heteroatoms. The van der Waals surface area contributed by atoms with Crippen LogP contribution in [0.4, 0.5) is 4.79 Å². The smallest absolute Gasteiger partial charge is 0.407 e. The van der Waals surface area contributed by atoms with Crippen molar-refractivity contribution in [1.82, 2.24) is 10.2 Å². The third-order valence-corrected chi connectivity index (χ3v) is 7.24. The summed E-state index contributed by atoms with van der Waals surface area (Å²) in [4.78, 5) is 39.7. The summed E-state index contributed by atoms with van der Waals surface area (Å²) in [6.45, 7) is 8.05. The number of alkyl carbamates (subject to hydrolysis) is 1. The highest BCUT2D eigenvalue weighted by molar-refractivity contribution is 5.87. The first kappa shape index (κ1) is 24.8. The fourth-order valence-corrected chi connectivity index (χ4v) is 5.19. The third kappa shape index (κ3) is 4.90. The second kappa shape index (κ2) is 9.36. The molecule has 2 unspecified atom stereocenters. The molecule has 2 atom stereocenters. The van der Waals surface area contributed by atoms with Gasteiger partial charge in [0.15, 0.2) is 0 Å². The van der Waals surface area contributed by atoms with E-state index in [4.69, 9.17) is 4.74 Å². The Morgan fingerprint density at radius 1 is 1.09 bits per heavy atom. The minimum absolute atomic E-state index is 0.0738. The van der Waals surface area contributed by atoms with Gasteiger partial charge >= 0.3 is 12.1 Å². The average molecular weight is 479 g/mol. The van der Waals surface area contributed by atoms with Crippen LogP contribution in [-0.2, 0) is 14.3 Å². The van der Waals surface area contributed by atoms with E-state index in [0.717, 1.165) is 22.3 Å². The van der Waals surface area contributed by atoms with Crippen molar-refractivity contribution in [2.75, 3.05) is 19.7 Å². The molecule has 2 aromatic rings. The number of amides is 2. The highest BCUT2D eigenvalue weighted by atomic mass is 16.5. The van der Waals surface area contributed by atoms with E-state index in [-0.39, 0.29) is 25.0 Å². The van der Waals surface area contributed by atoms with Crippen molar-refractivity contribution in [1.29, 1.82) is 0 Å². The quantitative estimate of drug-likeness (QED) is 0.652. The molecule has 2 N–H and O–H groups in total. The lowest BCUT2D eigenvalue weighted by molar-refractivity contribution is -0.154. The van der Waals surface area contributed by atoms with Gasteiger partial charge in [0, 0.05) is 19.0 Å². The lowest BCUT2D eigenvalue weighted by atomic mass is 9.80. The summed E-state index contributed by atoms with van der Waals surface area (Å²) in [5, 5.41) is 12.4. The molecule has 4 rings (SSSR count). The zero-order valence-electron chi connectivity index (χ0n) is 20.8. The fourth-order valence-electron chi connectivity index (χ4n) is 5.19. The Balaban J connectivity index is 1.46. The van der Waals surface area contributed by atoms with Gasteiger partial charge in [-0.15, -0.1) is 0 Å². The number of ether oxygens (including phenoxy) is 1. The van der Waals surface area contributed by atoms with E-state index in [2.05, 4.69) is 29.6 Å². The number of nitrogens with one attached hydrogen (secondary N) is 1. The maximum Gasteiger partial charge on any atom is 0.407 e. The zero-order chi connectivity index (χ0) is 25.4. The molecular formula is C28H34N2O5. The SMILES string of the molecule is CC1(C(=O)O)CCCN(C(=O)C(NC(=O)OCC2c3ccccc3-c3ccccc32)C(C)(C)C)C1. The van der Waals surface area contributed by atoms with E-state index in [9.17, 15) is 19.5 Å². The van der Waals surface area contributed by atoms with Crippen LogP contribution >= 0.6 is 0 Å². The Hall–Kier alpha value is -3.35. The first-order valence-corrected chi connectivity index (χ1v) is 12.1. The van der Waals surface area contributed by atoms with E-state index in [1.165, 1.54) is 0 Å². The summed E-state index contributed by atoms with van der Waals surface area (Å²) in [7, 11) is 0. The van der Waals surface area contributed by atoms with Crippen LogP contribution < -0.4 is 5.32 Å². The molecule has 0 bridgehead atoms. The Morgan fingerprint density at radius 3 is 2.20 bits per heavy atom. The van der Waals surface area contributed by atoms with Crippen molar-refractivity contribution in [2.45, 2.75) is 52.5 Å². The Labute approximate surface area is 206 Å². The number of carboxylic acid groups (broad SMARTS) is 1. The highest BCUT2D eigenvalue weighted by Crippen LogP contribution is 2.44. The molecule has 1 saturated heterocycles. The van der Waals surface area contributed by atoms with Crippen LogP contribution in [0.25, 0.3) is 11.1 Å².